The number of rotatable bonds is 4. The Kier molecular flexibility index (Phi) is 2.18. The molecule has 0 aromatic heterocycles. The normalized spacial score (nSPS) is 44.5. The van der Waals surface area contributed by atoms with Crippen LogP contribution in [-0.2, 0) is 0 Å². The number of fused-ring (bicyclic) bond motifs is 1. The Morgan fingerprint density at radius 2 is 2.00 bits per heavy atom. The fraction of sp³-hybridized carbons (Fsp3) is 1.00. The molecule has 3 atom stereocenters. The van der Waals surface area contributed by atoms with Crippen LogP contribution in [0.5, 0.6) is 0 Å². The van der Waals surface area contributed by atoms with Crippen LogP contribution in [0.25, 0.3) is 0 Å². The summed E-state index contributed by atoms with van der Waals surface area (Å²) in [6.45, 7) is 4.70. The summed E-state index contributed by atoms with van der Waals surface area (Å²) in [7, 11) is 0. The predicted octanol–water partition coefficient (Wildman–Crippen LogP) is 4.00. The Morgan fingerprint density at radius 3 is 2.58 bits per heavy atom. The van der Waals surface area contributed by atoms with E-state index in [0.717, 1.165) is 17.3 Å². The Balaban J connectivity index is 1.96. The monoisotopic (exact) mass is 166 g/mol. The largest absolute Gasteiger partial charge is 0.0654 e. The first-order valence-corrected chi connectivity index (χ1v) is 5.83. The molecule has 2 aliphatic carbocycles. The molecule has 3 unspecified atom stereocenters. The van der Waals surface area contributed by atoms with Gasteiger partial charge in [-0.1, -0.05) is 33.1 Å². The van der Waals surface area contributed by atoms with Gasteiger partial charge in [0, 0.05) is 0 Å². The minimum atomic E-state index is 0.880. The summed E-state index contributed by atoms with van der Waals surface area (Å²) in [6.07, 6.45) is 10.6. The highest BCUT2D eigenvalue weighted by Gasteiger charge is 2.60. The van der Waals surface area contributed by atoms with Gasteiger partial charge >= 0.3 is 0 Å². The summed E-state index contributed by atoms with van der Waals surface area (Å²) < 4.78 is 0. The van der Waals surface area contributed by atoms with Gasteiger partial charge in [0.15, 0.2) is 0 Å². The summed E-state index contributed by atoms with van der Waals surface area (Å²) in [4.78, 5) is 0. The van der Waals surface area contributed by atoms with Gasteiger partial charge in [-0.05, 0) is 42.9 Å². The summed E-state index contributed by atoms with van der Waals surface area (Å²) in [6, 6.07) is 0. The molecule has 0 aromatic rings. The molecule has 70 valence electrons. The summed E-state index contributed by atoms with van der Waals surface area (Å²) in [5.41, 5.74) is 0.880. The molecular weight excluding hydrogens is 144 g/mol. The fourth-order valence-electron chi connectivity index (χ4n) is 3.74. The van der Waals surface area contributed by atoms with Crippen LogP contribution in [0.4, 0.5) is 0 Å². The molecule has 0 saturated heterocycles. The second-order valence-corrected chi connectivity index (χ2v) is 4.95. The average Bonchev–Trinajstić information content (AvgIpc) is 2.66. The molecule has 0 heterocycles. The van der Waals surface area contributed by atoms with Crippen LogP contribution < -0.4 is 0 Å². The van der Waals surface area contributed by atoms with Gasteiger partial charge in [-0.15, -0.1) is 0 Å². The molecule has 0 aliphatic heterocycles. The van der Waals surface area contributed by atoms with Gasteiger partial charge in [-0.25, -0.2) is 0 Å². The van der Waals surface area contributed by atoms with Crippen molar-refractivity contribution in [2.75, 3.05) is 0 Å². The van der Waals surface area contributed by atoms with Gasteiger partial charge in [-0.3, -0.25) is 0 Å². The van der Waals surface area contributed by atoms with Crippen molar-refractivity contribution in [1.82, 2.24) is 0 Å². The Morgan fingerprint density at radius 1 is 1.17 bits per heavy atom. The Labute approximate surface area is 76.7 Å². The van der Waals surface area contributed by atoms with Crippen molar-refractivity contribution in [1.29, 1.82) is 0 Å². The van der Waals surface area contributed by atoms with E-state index in [1.807, 2.05) is 0 Å². The molecule has 2 aliphatic rings. The van der Waals surface area contributed by atoms with Crippen molar-refractivity contribution in [3.05, 3.63) is 0 Å². The zero-order chi connectivity index (χ0) is 8.60. The van der Waals surface area contributed by atoms with Gasteiger partial charge in [0.1, 0.15) is 0 Å². The third kappa shape index (κ3) is 1.11. The van der Waals surface area contributed by atoms with E-state index in [1.54, 1.807) is 19.3 Å². The van der Waals surface area contributed by atoms with Gasteiger partial charge in [-0.2, -0.15) is 0 Å². The highest BCUT2D eigenvalue weighted by Crippen LogP contribution is 2.69. The molecule has 0 N–H and O–H groups in total. The van der Waals surface area contributed by atoms with Crippen molar-refractivity contribution < 1.29 is 0 Å². The first kappa shape index (κ1) is 8.59. The van der Waals surface area contributed by atoms with Crippen LogP contribution in [0.3, 0.4) is 0 Å². The van der Waals surface area contributed by atoms with E-state index in [2.05, 4.69) is 13.8 Å². The molecular formula is C12H22. The molecule has 0 nitrogen and oxygen atoms in total. The molecule has 0 aromatic carbocycles. The van der Waals surface area contributed by atoms with Gasteiger partial charge < -0.3 is 0 Å². The van der Waals surface area contributed by atoms with E-state index in [1.165, 1.54) is 25.7 Å². The molecule has 0 bridgehead atoms. The lowest BCUT2D eigenvalue weighted by Gasteiger charge is -2.22. The van der Waals surface area contributed by atoms with Crippen molar-refractivity contribution in [3.63, 3.8) is 0 Å². The lowest BCUT2D eigenvalue weighted by atomic mass is 9.83. The van der Waals surface area contributed by atoms with Crippen LogP contribution in [0, 0.1) is 17.3 Å². The summed E-state index contributed by atoms with van der Waals surface area (Å²) >= 11 is 0. The molecule has 2 rings (SSSR count). The van der Waals surface area contributed by atoms with E-state index < -0.39 is 0 Å². The highest BCUT2D eigenvalue weighted by atomic mass is 14.6. The second-order valence-electron chi connectivity index (χ2n) is 4.95. The Hall–Kier alpha value is 0. The molecule has 2 fully saturated rings. The maximum atomic E-state index is 2.35. The maximum Gasteiger partial charge on any atom is -0.0238 e. The van der Waals surface area contributed by atoms with E-state index >= 15 is 0 Å². The minimum absolute atomic E-state index is 0.880. The highest BCUT2D eigenvalue weighted by molar-refractivity contribution is 5.10. The number of hydrogen-bond donors (Lipinski definition) is 0. The molecule has 12 heavy (non-hydrogen) atoms. The van der Waals surface area contributed by atoms with Crippen molar-refractivity contribution in [3.8, 4) is 0 Å². The van der Waals surface area contributed by atoms with E-state index in [9.17, 15) is 0 Å². The van der Waals surface area contributed by atoms with Crippen LogP contribution in [0.15, 0.2) is 0 Å². The molecule has 0 amide bonds. The predicted molar refractivity (Wildman–Crippen MR) is 53.1 cm³/mol. The smallest absolute Gasteiger partial charge is 0.0238 e. The SMILES string of the molecule is CCCC1CCC2CC12CCC. The minimum Gasteiger partial charge on any atom is -0.0654 e. The van der Waals surface area contributed by atoms with E-state index in [-0.39, 0.29) is 0 Å². The first-order valence-electron chi connectivity index (χ1n) is 5.83. The topological polar surface area (TPSA) is 0 Å². The third-order valence-corrected chi connectivity index (χ3v) is 4.31. The van der Waals surface area contributed by atoms with E-state index in [4.69, 9.17) is 0 Å². The lowest BCUT2D eigenvalue weighted by molar-refractivity contribution is 0.283. The van der Waals surface area contributed by atoms with E-state index in [0.29, 0.717) is 0 Å². The fourth-order valence-corrected chi connectivity index (χ4v) is 3.74. The zero-order valence-corrected chi connectivity index (χ0v) is 8.60. The average molecular weight is 166 g/mol. The van der Waals surface area contributed by atoms with Crippen LogP contribution in [-0.4, -0.2) is 0 Å². The Bertz CT molecular complexity index is 161. The summed E-state index contributed by atoms with van der Waals surface area (Å²) in [5.74, 6) is 2.28. The first-order chi connectivity index (χ1) is 5.83. The van der Waals surface area contributed by atoms with Crippen LogP contribution in [0.2, 0.25) is 0 Å². The molecule has 0 heteroatoms. The summed E-state index contributed by atoms with van der Waals surface area (Å²) in [5, 5.41) is 0. The van der Waals surface area contributed by atoms with Crippen molar-refractivity contribution in [2.45, 2.75) is 58.8 Å². The van der Waals surface area contributed by atoms with Crippen molar-refractivity contribution in [2.24, 2.45) is 17.3 Å². The van der Waals surface area contributed by atoms with Crippen molar-refractivity contribution >= 4 is 0 Å². The van der Waals surface area contributed by atoms with Gasteiger partial charge in [0.2, 0.25) is 0 Å². The zero-order valence-electron chi connectivity index (χ0n) is 8.60. The molecule has 0 spiro atoms. The molecule has 2 saturated carbocycles. The lowest BCUT2D eigenvalue weighted by Crippen LogP contribution is -2.12. The van der Waals surface area contributed by atoms with Gasteiger partial charge in [0.25, 0.3) is 0 Å². The maximum absolute atomic E-state index is 2.35. The van der Waals surface area contributed by atoms with Gasteiger partial charge in [0.05, 0.1) is 0 Å². The van der Waals surface area contributed by atoms with Crippen LogP contribution >= 0.6 is 0 Å². The van der Waals surface area contributed by atoms with Crippen LogP contribution in [0.1, 0.15) is 58.8 Å². The molecule has 0 radical (unpaired) electrons. The third-order valence-electron chi connectivity index (χ3n) is 4.31. The quantitative estimate of drug-likeness (QED) is 0.592. The second kappa shape index (κ2) is 3.05. The number of hydrogen-bond acceptors (Lipinski definition) is 0. The standard InChI is InChI=1S/C12H22/c1-3-5-10-6-7-11-9-12(10,11)8-4-2/h10-11H,3-9H2,1-2H3.